The Morgan fingerprint density at radius 2 is 1.81 bits per heavy atom. The van der Waals surface area contributed by atoms with Crippen molar-refractivity contribution in [2.45, 2.75) is 20.0 Å². The number of methoxy groups -OCH3 is 1. The number of benzene rings is 2. The van der Waals surface area contributed by atoms with Gasteiger partial charge in [0.25, 0.3) is 5.91 Å². The lowest BCUT2D eigenvalue weighted by molar-refractivity contribution is 0.0963. The zero-order valence-corrected chi connectivity index (χ0v) is 15.6. The molecule has 0 radical (unpaired) electrons. The zero-order chi connectivity index (χ0) is 18.9. The van der Waals surface area contributed by atoms with Crippen molar-refractivity contribution >= 4 is 5.91 Å². The number of hydrogen-bond donors (Lipinski definition) is 2. The summed E-state index contributed by atoms with van der Waals surface area (Å²) < 4.78 is 11.1. The van der Waals surface area contributed by atoms with Gasteiger partial charge >= 0.3 is 0 Å². The molecule has 2 rings (SSSR count). The summed E-state index contributed by atoms with van der Waals surface area (Å²) in [5.74, 6) is 1.33. The quantitative estimate of drug-likeness (QED) is 0.679. The summed E-state index contributed by atoms with van der Waals surface area (Å²) in [4.78, 5) is 11.7. The first-order valence-electron chi connectivity index (χ1n) is 8.49. The van der Waals surface area contributed by atoms with E-state index in [0.717, 1.165) is 16.7 Å². The third-order valence-electron chi connectivity index (χ3n) is 3.78. The Kier molecular flexibility index (Phi) is 7.24. The maximum Gasteiger partial charge on any atom is 0.251 e. The fraction of sp³-hybridized carbons (Fsp3) is 0.286. The van der Waals surface area contributed by atoms with Gasteiger partial charge in [0.2, 0.25) is 0 Å². The van der Waals surface area contributed by atoms with Gasteiger partial charge in [-0.05, 0) is 47.9 Å². The Morgan fingerprint density at radius 3 is 2.46 bits per heavy atom. The summed E-state index contributed by atoms with van der Waals surface area (Å²) in [5.41, 5.74) is 3.75. The molecule has 0 unspecified atom stereocenters. The number of nitrogens with one attached hydrogen (secondary N) is 2. The second-order valence-corrected chi connectivity index (χ2v) is 6.11. The predicted molar refractivity (Wildman–Crippen MR) is 104 cm³/mol. The monoisotopic (exact) mass is 354 g/mol. The van der Waals surface area contributed by atoms with E-state index in [1.807, 2.05) is 43.3 Å². The maximum atomic E-state index is 11.7. The van der Waals surface area contributed by atoms with Gasteiger partial charge in [-0.3, -0.25) is 4.79 Å². The Morgan fingerprint density at radius 1 is 1.08 bits per heavy atom. The molecule has 2 N–H and O–H groups in total. The van der Waals surface area contributed by atoms with E-state index < -0.39 is 0 Å². The van der Waals surface area contributed by atoms with E-state index in [2.05, 4.69) is 17.2 Å². The average Bonchev–Trinajstić information content (AvgIpc) is 2.66. The third-order valence-corrected chi connectivity index (χ3v) is 3.78. The fourth-order valence-corrected chi connectivity index (χ4v) is 2.46. The lowest BCUT2D eigenvalue weighted by atomic mass is 10.1. The van der Waals surface area contributed by atoms with Gasteiger partial charge in [-0.15, -0.1) is 0 Å². The van der Waals surface area contributed by atoms with Gasteiger partial charge in [0, 0.05) is 25.7 Å². The van der Waals surface area contributed by atoms with Gasteiger partial charge in [0.15, 0.2) is 11.5 Å². The molecule has 0 spiro atoms. The molecule has 0 heterocycles. The second-order valence-electron chi connectivity index (χ2n) is 6.11. The molecule has 0 saturated carbocycles. The van der Waals surface area contributed by atoms with Crippen molar-refractivity contribution in [1.29, 1.82) is 0 Å². The first-order chi connectivity index (χ1) is 12.5. The molecule has 2 aromatic rings. The van der Waals surface area contributed by atoms with Crippen molar-refractivity contribution in [1.82, 2.24) is 10.6 Å². The Hall–Kier alpha value is -2.79. The molecular formula is C21H26N2O3. The molecule has 0 aliphatic carbocycles. The van der Waals surface area contributed by atoms with Crippen molar-refractivity contribution in [2.24, 2.45) is 0 Å². The molecule has 0 fully saturated rings. The van der Waals surface area contributed by atoms with Crippen LogP contribution < -0.4 is 20.1 Å². The van der Waals surface area contributed by atoms with Crippen LogP contribution in [0.4, 0.5) is 0 Å². The van der Waals surface area contributed by atoms with Crippen LogP contribution in [0.15, 0.2) is 54.6 Å². The minimum atomic E-state index is -0.0821. The number of hydrogen-bond acceptors (Lipinski definition) is 4. The van der Waals surface area contributed by atoms with E-state index in [9.17, 15) is 4.79 Å². The highest BCUT2D eigenvalue weighted by atomic mass is 16.5. The summed E-state index contributed by atoms with van der Waals surface area (Å²) >= 11 is 0. The number of carbonyl (C=O) groups excluding carboxylic acids is 1. The van der Waals surface area contributed by atoms with Crippen molar-refractivity contribution in [2.75, 3.05) is 20.8 Å². The molecule has 0 bridgehead atoms. The molecule has 2 aromatic carbocycles. The van der Waals surface area contributed by atoms with Crippen LogP contribution in [0, 0.1) is 0 Å². The van der Waals surface area contributed by atoms with Crippen LogP contribution in [0.25, 0.3) is 0 Å². The average molecular weight is 354 g/mol. The van der Waals surface area contributed by atoms with Gasteiger partial charge in [-0.1, -0.05) is 24.8 Å². The normalized spacial score (nSPS) is 10.3. The second kappa shape index (κ2) is 9.63. The van der Waals surface area contributed by atoms with Crippen LogP contribution in [0.5, 0.6) is 11.5 Å². The van der Waals surface area contributed by atoms with Crippen molar-refractivity contribution in [3.8, 4) is 11.5 Å². The lowest BCUT2D eigenvalue weighted by Crippen LogP contribution is -2.18. The number of rotatable bonds is 9. The summed E-state index contributed by atoms with van der Waals surface area (Å²) in [6.07, 6.45) is 0. The minimum Gasteiger partial charge on any atom is -0.493 e. The van der Waals surface area contributed by atoms with Crippen LogP contribution >= 0.6 is 0 Å². The van der Waals surface area contributed by atoms with Crippen LogP contribution in [-0.2, 0) is 13.1 Å². The largest absolute Gasteiger partial charge is 0.493 e. The standard InChI is InChI=1S/C21H26N2O3/c1-15(2)14-26-20-11-17(8-9-19(20)25-4)13-23-12-16-6-5-7-18(10-16)21(24)22-3/h5-11,23H,1,12-14H2,2-4H3,(H,22,24). The van der Waals surface area contributed by atoms with Gasteiger partial charge in [0.1, 0.15) is 6.61 Å². The Bertz CT molecular complexity index is 772. The van der Waals surface area contributed by atoms with E-state index in [4.69, 9.17) is 9.47 Å². The Labute approximate surface area is 155 Å². The van der Waals surface area contributed by atoms with E-state index in [0.29, 0.717) is 36.8 Å². The summed E-state index contributed by atoms with van der Waals surface area (Å²) in [7, 11) is 3.25. The highest BCUT2D eigenvalue weighted by molar-refractivity contribution is 5.94. The van der Waals surface area contributed by atoms with Gasteiger partial charge in [-0.25, -0.2) is 0 Å². The molecule has 0 aliphatic rings. The molecule has 0 aliphatic heterocycles. The van der Waals surface area contributed by atoms with Crippen molar-refractivity contribution in [3.63, 3.8) is 0 Å². The molecule has 0 aromatic heterocycles. The zero-order valence-electron chi connectivity index (χ0n) is 15.6. The molecule has 138 valence electrons. The van der Waals surface area contributed by atoms with Crippen molar-refractivity contribution in [3.05, 3.63) is 71.3 Å². The topological polar surface area (TPSA) is 59.6 Å². The smallest absolute Gasteiger partial charge is 0.251 e. The predicted octanol–water partition coefficient (Wildman–Crippen LogP) is 3.30. The number of ether oxygens (including phenoxy) is 2. The molecule has 26 heavy (non-hydrogen) atoms. The van der Waals surface area contributed by atoms with Crippen LogP contribution in [0.3, 0.4) is 0 Å². The van der Waals surface area contributed by atoms with Crippen molar-refractivity contribution < 1.29 is 14.3 Å². The summed E-state index contributed by atoms with van der Waals surface area (Å²) in [6, 6.07) is 13.4. The maximum absolute atomic E-state index is 11.7. The molecular weight excluding hydrogens is 328 g/mol. The van der Waals surface area contributed by atoms with Gasteiger partial charge < -0.3 is 20.1 Å². The van der Waals surface area contributed by atoms with E-state index in [1.165, 1.54) is 0 Å². The van der Waals surface area contributed by atoms with E-state index in [-0.39, 0.29) is 5.91 Å². The molecule has 0 atom stereocenters. The van der Waals surface area contributed by atoms with Gasteiger partial charge in [0.05, 0.1) is 7.11 Å². The third kappa shape index (κ3) is 5.63. The van der Waals surface area contributed by atoms with Crippen LogP contribution in [0.2, 0.25) is 0 Å². The number of carbonyl (C=O) groups is 1. The molecule has 5 nitrogen and oxygen atoms in total. The van der Waals surface area contributed by atoms with Gasteiger partial charge in [-0.2, -0.15) is 0 Å². The SMILES string of the molecule is C=C(C)COc1cc(CNCc2cccc(C(=O)NC)c2)ccc1OC. The van der Waals surface area contributed by atoms with Crippen LogP contribution in [0.1, 0.15) is 28.4 Å². The first kappa shape index (κ1) is 19.5. The minimum absolute atomic E-state index is 0.0821. The highest BCUT2D eigenvalue weighted by Crippen LogP contribution is 2.28. The molecule has 5 heteroatoms. The molecule has 1 amide bonds. The highest BCUT2D eigenvalue weighted by Gasteiger charge is 2.07. The lowest BCUT2D eigenvalue weighted by Gasteiger charge is -2.13. The summed E-state index contributed by atoms with van der Waals surface area (Å²) in [6.45, 7) is 7.57. The number of amides is 1. The van der Waals surface area contributed by atoms with Crippen LogP contribution in [-0.4, -0.2) is 26.7 Å². The summed E-state index contributed by atoms with van der Waals surface area (Å²) in [5, 5.41) is 6.02. The first-order valence-corrected chi connectivity index (χ1v) is 8.49. The molecule has 0 saturated heterocycles. The fourth-order valence-electron chi connectivity index (χ4n) is 2.46. The van der Waals surface area contributed by atoms with E-state index >= 15 is 0 Å². The van der Waals surface area contributed by atoms with E-state index in [1.54, 1.807) is 20.2 Å². The Balaban J connectivity index is 1.98.